The van der Waals surface area contributed by atoms with E-state index < -0.39 is 17.4 Å². The maximum Gasteiger partial charge on any atom is 0.329 e. The summed E-state index contributed by atoms with van der Waals surface area (Å²) in [6.07, 6.45) is 2.89. The first kappa shape index (κ1) is 14.0. The highest BCUT2D eigenvalue weighted by Gasteiger charge is 2.45. The summed E-state index contributed by atoms with van der Waals surface area (Å²) < 4.78 is 0. The van der Waals surface area contributed by atoms with Crippen LogP contribution in [-0.4, -0.2) is 40.5 Å². The van der Waals surface area contributed by atoms with Gasteiger partial charge in [0, 0.05) is 13.2 Å². The molecule has 1 aromatic heterocycles. The molecule has 0 spiro atoms. The van der Waals surface area contributed by atoms with Gasteiger partial charge < -0.3 is 15.7 Å². The number of nitrogens with one attached hydrogen (secondary N) is 2. The SMILES string of the molecule is CNC(=O)c1ccc(C(=O)NC2(C(=O)O)CCC2)cn1. The average molecular weight is 277 g/mol. The predicted molar refractivity (Wildman–Crippen MR) is 69.3 cm³/mol. The molecular weight excluding hydrogens is 262 g/mol. The smallest absolute Gasteiger partial charge is 0.329 e. The van der Waals surface area contributed by atoms with Gasteiger partial charge in [0.2, 0.25) is 0 Å². The lowest BCUT2D eigenvalue weighted by atomic mass is 9.76. The van der Waals surface area contributed by atoms with Crippen molar-refractivity contribution in [1.29, 1.82) is 0 Å². The Bertz CT molecular complexity index is 549. The molecule has 0 aromatic carbocycles. The lowest BCUT2D eigenvalue weighted by Gasteiger charge is -2.38. The summed E-state index contributed by atoms with van der Waals surface area (Å²) in [7, 11) is 1.48. The molecule has 0 radical (unpaired) electrons. The fraction of sp³-hybridized carbons (Fsp3) is 0.385. The van der Waals surface area contributed by atoms with Crippen molar-refractivity contribution in [2.75, 3.05) is 7.05 Å². The number of carbonyl (C=O) groups is 3. The van der Waals surface area contributed by atoms with Gasteiger partial charge in [0.1, 0.15) is 11.2 Å². The number of aliphatic carboxylic acids is 1. The molecule has 106 valence electrons. The lowest BCUT2D eigenvalue weighted by Crippen LogP contribution is -2.59. The van der Waals surface area contributed by atoms with Crippen molar-refractivity contribution < 1.29 is 19.5 Å². The lowest BCUT2D eigenvalue weighted by molar-refractivity contribution is -0.148. The van der Waals surface area contributed by atoms with E-state index in [4.69, 9.17) is 5.11 Å². The first-order valence-electron chi connectivity index (χ1n) is 6.22. The van der Waals surface area contributed by atoms with Gasteiger partial charge in [0.05, 0.1) is 5.56 Å². The van der Waals surface area contributed by atoms with E-state index in [9.17, 15) is 14.4 Å². The third-order valence-corrected chi connectivity index (χ3v) is 3.45. The average Bonchev–Trinajstić information content (AvgIpc) is 2.41. The summed E-state index contributed by atoms with van der Waals surface area (Å²) in [5, 5.41) is 14.1. The number of hydrogen-bond donors (Lipinski definition) is 3. The van der Waals surface area contributed by atoms with E-state index in [1.54, 1.807) is 0 Å². The van der Waals surface area contributed by atoms with Crippen molar-refractivity contribution in [3.05, 3.63) is 29.6 Å². The molecule has 1 aliphatic rings. The number of pyridine rings is 1. The van der Waals surface area contributed by atoms with Crippen molar-refractivity contribution in [1.82, 2.24) is 15.6 Å². The van der Waals surface area contributed by atoms with Crippen LogP contribution in [0.4, 0.5) is 0 Å². The third-order valence-electron chi connectivity index (χ3n) is 3.45. The van der Waals surface area contributed by atoms with Crippen LogP contribution in [0.25, 0.3) is 0 Å². The van der Waals surface area contributed by atoms with Gasteiger partial charge in [-0.25, -0.2) is 4.79 Å². The number of carbonyl (C=O) groups excluding carboxylic acids is 2. The molecule has 20 heavy (non-hydrogen) atoms. The maximum absolute atomic E-state index is 12.0. The van der Waals surface area contributed by atoms with E-state index >= 15 is 0 Å². The van der Waals surface area contributed by atoms with E-state index in [0.29, 0.717) is 12.8 Å². The van der Waals surface area contributed by atoms with Crippen LogP contribution in [0.15, 0.2) is 18.3 Å². The summed E-state index contributed by atoms with van der Waals surface area (Å²) in [6.45, 7) is 0. The van der Waals surface area contributed by atoms with Crippen LogP contribution in [0.5, 0.6) is 0 Å². The topological polar surface area (TPSA) is 108 Å². The molecule has 0 atom stereocenters. The van der Waals surface area contributed by atoms with Gasteiger partial charge in [0.15, 0.2) is 0 Å². The summed E-state index contributed by atoms with van der Waals surface area (Å²) in [6, 6.07) is 2.86. The van der Waals surface area contributed by atoms with E-state index in [0.717, 1.165) is 6.42 Å². The molecule has 0 saturated heterocycles. The minimum absolute atomic E-state index is 0.195. The zero-order chi connectivity index (χ0) is 14.8. The van der Waals surface area contributed by atoms with Gasteiger partial charge in [-0.05, 0) is 31.4 Å². The predicted octanol–water partition coefficient (Wildman–Crippen LogP) is 0.178. The first-order chi connectivity index (χ1) is 9.48. The zero-order valence-electron chi connectivity index (χ0n) is 11.0. The van der Waals surface area contributed by atoms with Gasteiger partial charge >= 0.3 is 5.97 Å². The largest absolute Gasteiger partial charge is 0.480 e. The number of carboxylic acid groups (broad SMARTS) is 1. The minimum Gasteiger partial charge on any atom is -0.480 e. The van der Waals surface area contributed by atoms with E-state index in [1.165, 1.54) is 25.4 Å². The highest BCUT2D eigenvalue weighted by molar-refractivity contribution is 5.99. The quantitative estimate of drug-likeness (QED) is 0.727. The van der Waals surface area contributed by atoms with Crippen molar-refractivity contribution in [3.63, 3.8) is 0 Å². The molecule has 0 unspecified atom stereocenters. The Hall–Kier alpha value is -2.44. The van der Waals surface area contributed by atoms with Gasteiger partial charge in [-0.1, -0.05) is 0 Å². The van der Waals surface area contributed by atoms with E-state index in [1.807, 2.05) is 0 Å². The van der Waals surface area contributed by atoms with Crippen LogP contribution in [0, 0.1) is 0 Å². The molecule has 1 saturated carbocycles. The minimum atomic E-state index is -1.16. The Labute approximate surface area is 115 Å². The van der Waals surface area contributed by atoms with E-state index in [-0.39, 0.29) is 17.2 Å². The molecule has 1 fully saturated rings. The second-order valence-electron chi connectivity index (χ2n) is 4.71. The number of aromatic nitrogens is 1. The Morgan fingerprint density at radius 1 is 1.25 bits per heavy atom. The number of carboxylic acids is 1. The molecule has 0 bridgehead atoms. The maximum atomic E-state index is 12.0. The number of nitrogens with zero attached hydrogens (tertiary/aromatic N) is 1. The van der Waals surface area contributed by atoms with Crippen LogP contribution in [0.3, 0.4) is 0 Å². The summed E-state index contributed by atoms with van der Waals surface area (Å²) in [4.78, 5) is 38.3. The molecule has 7 heteroatoms. The zero-order valence-corrected chi connectivity index (χ0v) is 11.0. The highest BCUT2D eigenvalue weighted by atomic mass is 16.4. The van der Waals surface area contributed by atoms with Gasteiger partial charge in [-0.3, -0.25) is 14.6 Å². The molecule has 3 N–H and O–H groups in total. The van der Waals surface area contributed by atoms with E-state index in [2.05, 4.69) is 15.6 Å². The monoisotopic (exact) mass is 277 g/mol. The fourth-order valence-corrected chi connectivity index (χ4v) is 2.00. The second kappa shape index (κ2) is 5.28. The molecule has 2 amide bonds. The normalized spacial score (nSPS) is 15.8. The number of hydrogen-bond acceptors (Lipinski definition) is 4. The van der Waals surface area contributed by atoms with Crippen molar-refractivity contribution in [2.45, 2.75) is 24.8 Å². The Balaban J connectivity index is 2.10. The van der Waals surface area contributed by atoms with Crippen molar-refractivity contribution in [3.8, 4) is 0 Å². The second-order valence-corrected chi connectivity index (χ2v) is 4.71. The Morgan fingerprint density at radius 3 is 2.35 bits per heavy atom. The van der Waals surface area contributed by atoms with Crippen LogP contribution >= 0.6 is 0 Å². The summed E-state index contributed by atoms with van der Waals surface area (Å²) in [5.74, 6) is -1.87. The molecule has 0 aliphatic heterocycles. The van der Waals surface area contributed by atoms with Crippen molar-refractivity contribution in [2.24, 2.45) is 0 Å². The standard InChI is InChI=1S/C13H15N3O4/c1-14-11(18)9-4-3-8(7-15-9)10(17)16-13(12(19)20)5-2-6-13/h3-4,7H,2,5-6H2,1H3,(H,14,18)(H,16,17)(H,19,20). The molecule has 1 aliphatic carbocycles. The van der Waals surface area contributed by atoms with Crippen LogP contribution < -0.4 is 10.6 Å². The molecule has 1 aromatic rings. The Kier molecular flexibility index (Phi) is 3.69. The van der Waals surface area contributed by atoms with Gasteiger partial charge in [-0.2, -0.15) is 0 Å². The fourth-order valence-electron chi connectivity index (χ4n) is 2.00. The Morgan fingerprint density at radius 2 is 1.95 bits per heavy atom. The number of rotatable bonds is 4. The third kappa shape index (κ3) is 2.47. The summed E-state index contributed by atoms with van der Waals surface area (Å²) in [5.41, 5.74) is -0.734. The van der Waals surface area contributed by atoms with Crippen LogP contribution in [-0.2, 0) is 4.79 Å². The van der Waals surface area contributed by atoms with Gasteiger partial charge in [-0.15, -0.1) is 0 Å². The first-order valence-corrected chi connectivity index (χ1v) is 6.22. The van der Waals surface area contributed by atoms with Crippen LogP contribution in [0.1, 0.15) is 40.1 Å². The number of amides is 2. The molecular formula is C13H15N3O4. The van der Waals surface area contributed by atoms with Crippen molar-refractivity contribution >= 4 is 17.8 Å². The molecule has 2 rings (SSSR count). The highest BCUT2D eigenvalue weighted by Crippen LogP contribution is 2.32. The van der Waals surface area contributed by atoms with Gasteiger partial charge in [0.25, 0.3) is 11.8 Å². The molecule has 7 nitrogen and oxygen atoms in total. The molecule has 1 heterocycles. The van der Waals surface area contributed by atoms with Crippen LogP contribution in [0.2, 0.25) is 0 Å². The summed E-state index contributed by atoms with van der Waals surface area (Å²) >= 11 is 0.